The molecule has 0 radical (unpaired) electrons. The van der Waals surface area contributed by atoms with E-state index in [9.17, 15) is 19.8 Å². The van der Waals surface area contributed by atoms with Gasteiger partial charge in [-0.05, 0) is 43.4 Å². The number of alkyl halides is 1. The van der Waals surface area contributed by atoms with Crippen LogP contribution in [0, 0.1) is 11.8 Å². The molecule has 2 rings (SSSR count). The van der Waals surface area contributed by atoms with Crippen molar-refractivity contribution in [3.8, 4) is 5.75 Å². The molecule has 3 atom stereocenters. The summed E-state index contributed by atoms with van der Waals surface area (Å²) >= 11 is 0. The first-order chi connectivity index (χ1) is 14.2. The number of para-hydroxylation sites is 1. The highest BCUT2D eigenvalue weighted by Gasteiger charge is 2.60. The lowest BCUT2D eigenvalue weighted by atomic mass is 9.91. The summed E-state index contributed by atoms with van der Waals surface area (Å²) < 4.78 is 24.6. The molecule has 1 unspecified atom stereocenters. The monoisotopic (exact) mass is 418 g/mol. The molecule has 7 heteroatoms. The van der Waals surface area contributed by atoms with Crippen LogP contribution in [-0.2, 0) is 14.3 Å². The number of hydrogen-bond acceptors (Lipinski definition) is 6. The maximum Gasteiger partial charge on any atom is 0.404 e. The van der Waals surface area contributed by atoms with Gasteiger partial charge in [0.05, 0.1) is 7.11 Å². The quantitative estimate of drug-likeness (QED) is 0.277. The second-order valence-corrected chi connectivity index (χ2v) is 7.09. The van der Waals surface area contributed by atoms with Crippen molar-refractivity contribution in [1.29, 1.82) is 0 Å². The molecule has 1 aliphatic rings. The van der Waals surface area contributed by atoms with Gasteiger partial charge in [0.25, 0.3) is 5.79 Å². The van der Waals surface area contributed by atoms with Gasteiger partial charge >= 0.3 is 11.8 Å². The largest absolute Gasteiger partial charge is 0.464 e. The number of rotatable bonds is 9. The molecule has 0 amide bonds. The summed E-state index contributed by atoms with van der Waals surface area (Å²) in [5.74, 6) is -8.72. The molecule has 6 nitrogen and oxygen atoms in total. The van der Waals surface area contributed by atoms with Crippen LogP contribution in [0.25, 0.3) is 0 Å². The van der Waals surface area contributed by atoms with E-state index in [0.717, 1.165) is 20.0 Å². The number of Topliss-reactive ketones (excluding diaryl/α,β-unsaturated/α-hetero) is 1. The summed E-state index contributed by atoms with van der Waals surface area (Å²) in [6.45, 7) is 2.01. The van der Waals surface area contributed by atoms with Crippen molar-refractivity contribution in [2.75, 3.05) is 7.11 Å². The predicted molar refractivity (Wildman–Crippen MR) is 108 cm³/mol. The van der Waals surface area contributed by atoms with Crippen LogP contribution in [0.5, 0.6) is 5.75 Å². The van der Waals surface area contributed by atoms with E-state index < -0.39 is 17.6 Å². The number of hydrogen-bond donors (Lipinski definition) is 2. The average Bonchev–Trinajstić information content (AvgIpc) is 3.08. The number of carbonyl (C=O) groups excluding carboxylic acids is 2. The Labute approximate surface area is 175 Å². The molecule has 1 fully saturated rings. The summed E-state index contributed by atoms with van der Waals surface area (Å²) in [4.78, 5) is 24.1. The fourth-order valence-electron chi connectivity index (χ4n) is 3.29. The number of aliphatic hydroxyl groups is 2. The Morgan fingerprint density at radius 3 is 2.67 bits per heavy atom. The van der Waals surface area contributed by atoms with Crippen molar-refractivity contribution < 1.29 is 33.7 Å². The van der Waals surface area contributed by atoms with Gasteiger partial charge in [0, 0.05) is 18.4 Å². The van der Waals surface area contributed by atoms with Crippen LogP contribution >= 0.6 is 0 Å². The summed E-state index contributed by atoms with van der Waals surface area (Å²) in [7, 11) is 0.899. The van der Waals surface area contributed by atoms with E-state index in [4.69, 9.17) is 4.74 Å². The molecule has 1 aromatic rings. The lowest BCUT2D eigenvalue weighted by molar-refractivity contribution is -0.282. The molecule has 1 saturated carbocycles. The summed E-state index contributed by atoms with van der Waals surface area (Å²) in [5, 5.41) is 20.5. The summed E-state index contributed by atoms with van der Waals surface area (Å²) in [6.07, 6.45) is 8.46. The number of esters is 1. The standard InChI is InChI=1S/C23H27FO6/c1-3-4-10-17-14-15-20(25)19(17)13-8-9-16-22(27,28)23(24,21(26)29-2)30-18-11-6-5-7-12-18/h4-8,10-12,16-17,19,27-28H,3,13-15H2,1-2H3/b10-4+/t9?,17-,19+,23?/m0/s1/i27+0,28+0. The van der Waals surface area contributed by atoms with Crippen LogP contribution in [0.1, 0.15) is 32.6 Å². The van der Waals surface area contributed by atoms with Crippen molar-refractivity contribution in [2.24, 2.45) is 11.8 Å². The van der Waals surface area contributed by atoms with Crippen LogP contribution in [0.4, 0.5) is 4.39 Å². The first-order valence-corrected chi connectivity index (χ1v) is 9.82. The van der Waals surface area contributed by atoms with E-state index in [0.29, 0.717) is 18.9 Å². The first-order valence-electron chi connectivity index (χ1n) is 9.82. The van der Waals surface area contributed by atoms with E-state index in [1.54, 1.807) is 6.07 Å². The third-order valence-electron chi connectivity index (χ3n) is 4.97. The zero-order valence-corrected chi connectivity index (χ0v) is 17.1. The van der Waals surface area contributed by atoms with E-state index in [-0.39, 0.29) is 23.4 Å². The van der Waals surface area contributed by atoms with Gasteiger partial charge in [0.15, 0.2) is 0 Å². The molecular weight excluding hydrogens is 391 g/mol. The van der Waals surface area contributed by atoms with Gasteiger partial charge in [-0.3, -0.25) is 4.79 Å². The van der Waals surface area contributed by atoms with Crippen LogP contribution < -0.4 is 4.74 Å². The van der Waals surface area contributed by atoms with Crippen LogP contribution in [0.15, 0.2) is 60.4 Å². The van der Waals surface area contributed by atoms with E-state index in [1.165, 1.54) is 30.3 Å². The van der Waals surface area contributed by atoms with Gasteiger partial charge in [-0.25, -0.2) is 4.79 Å². The molecule has 0 saturated heterocycles. The molecule has 0 bridgehead atoms. The maximum absolute atomic E-state index is 15.3. The third kappa shape index (κ3) is 5.45. The van der Waals surface area contributed by atoms with Gasteiger partial charge in [-0.2, -0.15) is 4.39 Å². The van der Waals surface area contributed by atoms with Gasteiger partial charge < -0.3 is 19.7 Å². The number of carbonyl (C=O) groups is 2. The average molecular weight is 418 g/mol. The molecule has 162 valence electrons. The minimum absolute atomic E-state index is 0.0997. The number of methoxy groups -OCH3 is 1. The van der Waals surface area contributed by atoms with Gasteiger partial charge in [-0.1, -0.05) is 37.3 Å². The number of benzene rings is 1. The van der Waals surface area contributed by atoms with Crippen LogP contribution in [0.2, 0.25) is 0 Å². The fourth-order valence-corrected chi connectivity index (χ4v) is 3.29. The molecule has 0 aromatic heterocycles. The minimum atomic E-state index is -3.63. The van der Waals surface area contributed by atoms with Crippen molar-refractivity contribution >= 4 is 11.8 Å². The van der Waals surface area contributed by atoms with Crippen molar-refractivity contribution in [1.82, 2.24) is 0 Å². The highest BCUT2D eigenvalue weighted by atomic mass is 19.2. The smallest absolute Gasteiger partial charge is 0.404 e. The number of ketones is 1. The van der Waals surface area contributed by atoms with Crippen molar-refractivity contribution in [2.45, 2.75) is 44.2 Å². The van der Waals surface area contributed by atoms with Gasteiger partial charge in [-0.15, -0.1) is 5.73 Å². The Kier molecular flexibility index (Phi) is 8.12. The number of allylic oxidation sites excluding steroid dienone is 2. The SMILES string of the molecule is CC/C=C/[C@H]1CCC(=O)[C@@H]1CC=C=CC([16OH])([16OH])C(F)(Oc1ccccc1)C(=O)OC. The third-order valence-corrected chi connectivity index (χ3v) is 4.97. The highest BCUT2D eigenvalue weighted by molar-refractivity contribution is 5.84. The zero-order chi connectivity index (χ0) is 22.2. The van der Waals surface area contributed by atoms with Gasteiger partial charge in [0.1, 0.15) is 11.5 Å². The van der Waals surface area contributed by atoms with E-state index in [2.05, 4.69) is 10.5 Å². The minimum Gasteiger partial charge on any atom is -0.464 e. The van der Waals surface area contributed by atoms with E-state index in [1.807, 2.05) is 19.1 Å². The molecular formula is C23H27FO6. The number of halogens is 1. The lowest BCUT2D eigenvalue weighted by Gasteiger charge is -2.32. The second kappa shape index (κ2) is 10.3. The summed E-state index contributed by atoms with van der Waals surface area (Å²) in [6, 6.07) is 7.40. The number of ether oxygens (including phenoxy) is 2. The molecule has 30 heavy (non-hydrogen) atoms. The Bertz CT molecular complexity index is 825. The Morgan fingerprint density at radius 2 is 2.03 bits per heavy atom. The van der Waals surface area contributed by atoms with Gasteiger partial charge in [0.2, 0.25) is 0 Å². The molecule has 2 N–H and O–H groups in total. The summed E-state index contributed by atoms with van der Waals surface area (Å²) in [5.41, 5.74) is 2.47. The van der Waals surface area contributed by atoms with Crippen LogP contribution in [0.3, 0.4) is 0 Å². The predicted octanol–water partition coefficient (Wildman–Crippen LogP) is 3.25. The topological polar surface area (TPSA) is 93.1 Å². The molecule has 0 spiro atoms. The first kappa shape index (κ1) is 23.5. The van der Waals surface area contributed by atoms with Crippen molar-refractivity contribution in [3.05, 3.63) is 60.4 Å². The molecule has 0 aliphatic heterocycles. The Hall–Kier alpha value is -2.73. The fraction of sp³-hybridized carbons (Fsp3) is 0.435. The zero-order valence-electron chi connectivity index (χ0n) is 17.1. The molecule has 1 aliphatic carbocycles. The second-order valence-electron chi connectivity index (χ2n) is 7.09. The van der Waals surface area contributed by atoms with Crippen molar-refractivity contribution in [3.63, 3.8) is 0 Å². The highest BCUT2D eigenvalue weighted by Crippen LogP contribution is 2.33. The maximum atomic E-state index is 15.3. The normalized spacial score (nSPS) is 21.0. The van der Waals surface area contributed by atoms with E-state index >= 15 is 4.39 Å². The molecule has 0 heterocycles. The lowest BCUT2D eigenvalue weighted by Crippen LogP contribution is -2.59. The Morgan fingerprint density at radius 1 is 1.33 bits per heavy atom. The molecule has 1 aromatic carbocycles. The van der Waals surface area contributed by atoms with Crippen LogP contribution in [-0.4, -0.2) is 40.7 Å². The Balaban J connectivity index is 2.19.